The Bertz CT molecular complexity index is 1150. The van der Waals surface area contributed by atoms with Crippen molar-refractivity contribution in [1.29, 1.82) is 0 Å². The first-order valence-electron chi connectivity index (χ1n) is 9.42. The van der Waals surface area contributed by atoms with Crippen molar-refractivity contribution in [3.63, 3.8) is 0 Å². The van der Waals surface area contributed by atoms with Gasteiger partial charge in [0.15, 0.2) is 5.65 Å². The van der Waals surface area contributed by atoms with Gasteiger partial charge < -0.3 is 10.2 Å². The molecule has 8 heteroatoms. The highest BCUT2D eigenvalue weighted by atomic mass is 35.5. The number of anilines is 1. The van der Waals surface area contributed by atoms with Crippen LogP contribution in [0.1, 0.15) is 0 Å². The van der Waals surface area contributed by atoms with Gasteiger partial charge in [0.1, 0.15) is 23.0 Å². The molecule has 1 aliphatic rings. The molecule has 1 N–H and O–H groups in total. The summed E-state index contributed by atoms with van der Waals surface area (Å²) < 4.78 is 15.4. The Labute approximate surface area is 172 Å². The average molecular weight is 409 g/mol. The molecule has 0 amide bonds. The Morgan fingerprint density at radius 2 is 1.69 bits per heavy atom. The number of aromatic nitrogens is 4. The third kappa shape index (κ3) is 3.32. The molecule has 1 saturated heterocycles. The summed E-state index contributed by atoms with van der Waals surface area (Å²) in [6.07, 6.45) is 3.45. The standard InChI is InChI=1S/C21H18ClFN6/c22-17-13-18-21(27-20(17)28-11-9-25-10-12-28)29(16-5-7-24-8-6-16)19(26-18)14-1-3-15(23)4-2-14/h1-8,13,25H,9-12H2. The van der Waals surface area contributed by atoms with Crippen molar-refractivity contribution in [2.45, 2.75) is 0 Å². The lowest BCUT2D eigenvalue weighted by atomic mass is 10.2. The number of imidazole rings is 1. The van der Waals surface area contributed by atoms with Crippen LogP contribution in [-0.4, -0.2) is 45.7 Å². The summed E-state index contributed by atoms with van der Waals surface area (Å²) >= 11 is 6.58. The zero-order valence-corrected chi connectivity index (χ0v) is 16.3. The van der Waals surface area contributed by atoms with Gasteiger partial charge in [-0.05, 0) is 42.5 Å². The predicted molar refractivity (Wildman–Crippen MR) is 112 cm³/mol. The number of benzene rings is 1. The molecule has 0 aliphatic carbocycles. The Morgan fingerprint density at radius 3 is 2.41 bits per heavy atom. The maximum atomic E-state index is 13.5. The second kappa shape index (κ2) is 7.42. The fourth-order valence-electron chi connectivity index (χ4n) is 3.60. The van der Waals surface area contributed by atoms with Crippen molar-refractivity contribution in [2.75, 3.05) is 31.1 Å². The third-order valence-electron chi connectivity index (χ3n) is 5.01. The fraction of sp³-hybridized carbons (Fsp3) is 0.190. The predicted octanol–water partition coefficient (Wildman–Crippen LogP) is 3.68. The molecule has 4 heterocycles. The Morgan fingerprint density at radius 1 is 0.966 bits per heavy atom. The van der Waals surface area contributed by atoms with Gasteiger partial charge in [-0.15, -0.1) is 0 Å². The van der Waals surface area contributed by atoms with Crippen LogP contribution in [0.2, 0.25) is 5.02 Å². The van der Waals surface area contributed by atoms with Crippen LogP contribution in [0.15, 0.2) is 54.9 Å². The van der Waals surface area contributed by atoms with E-state index in [-0.39, 0.29) is 5.82 Å². The first kappa shape index (κ1) is 18.0. The number of nitrogens with one attached hydrogen (secondary N) is 1. The highest BCUT2D eigenvalue weighted by molar-refractivity contribution is 6.33. The molecule has 0 bridgehead atoms. The molecule has 0 spiro atoms. The maximum Gasteiger partial charge on any atom is 0.167 e. The quantitative estimate of drug-likeness (QED) is 0.560. The van der Waals surface area contributed by atoms with Gasteiger partial charge in [0.05, 0.1) is 10.7 Å². The lowest BCUT2D eigenvalue weighted by Crippen LogP contribution is -2.44. The molecule has 0 radical (unpaired) electrons. The lowest BCUT2D eigenvalue weighted by molar-refractivity contribution is 0.585. The second-order valence-electron chi connectivity index (χ2n) is 6.86. The summed E-state index contributed by atoms with van der Waals surface area (Å²) in [5.41, 5.74) is 3.06. The van der Waals surface area contributed by atoms with E-state index in [9.17, 15) is 4.39 Å². The molecule has 1 fully saturated rings. The molecule has 3 aromatic heterocycles. The van der Waals surface area contributed by atoms with Gasteiger partial charge in [-0.2, -0.15) is 0 Å². The molecular formula is C21H18ClFN6. The van der Waals surface area contributed by atoms with E-state index in [2.05, 4.69) is 15.2 Å². The van der Waals surface area contributed by atoms with Gasteiger partial charge in [0.2, 0.25) is 0 Å². The molecular weight excluding hydrogens is 391 g/mol. The summed E-state index contributed by atoms with van der Waals surface area (Å²) in [6, 6.07) is 11.9. The van der Waals surface area contributed by atoms with Crippen LogP contribution in [0.5, 0.6) is 0 Å². The van der Waals surface area contributed by atoms with Crippen molar-refractivity contribution in [3.8, 4) is 17.1 Å². The number of piperazine rings is 1. The molecule has 1 aliphatic heterocycles. The zero-order valence-electron chi connectivity index (χ0n) is 15.5. The number of halogens is 2. The average Bonchev–Trinajstić information content (AvgIpc) is 3.13. The van der Waals surface area contributed by atoms with Crippen LogP contribution >= 0.6 is 11.6 Å². The van der Waals surface area contributed by atoms with E-state index < -0.39 is 0 Å². The minimum Gasteiger partial charge on any atom is -0.353 e. The van der Waals surface area contributed by atoms with Gasteiger partial charge >= 0.3 is 0 Å². The Hall–Kier alpha value is -3.03. The molecule has 4 aromatic rings. The van der Waals surface area contributed by atoms with Crippen LogP contribution in [0, 0.1) is 5.82 Å². The first-order valence-corrected chi connectivity index (χ1v) is 9.79. The topological polar surface area (TPSA) is 58.9 Å². The van der Waals surface area contributed by atoms with Gasteiger partial charge in [-0.25, -0.2) is 14.4 Å². The van der Waals surface area contributed by atoms with Crippen molar-refractivity contribution in [3.05, 3.63) is 65.7 Å². The summed E-state index contributed by atoms with van der Waals surface area (Å²) in [7, 11) is 0. The number of pyridine rings is 2. The summed E-state index contributed by atoms with van der Waals surface area (Å²) in [5, 5.41) is 3.91. The highest BCUT2D eigenvalue weighted by Crippen LogP contribution is 2.33. The van der Waals surface area contributed by atoms with Crippen molar-refractivity contribution >= 4 is 28.6 Å². The summed E-state index contributed by atoms with van der Waals surface area (Å²) in [4.78, 5) is 16.0. The molecule has 0 unspecified atom stereocenters. The molecule has 146 valence electrons. The number of nitrogens with zero attached hydrogens (tertiary/aromatic N) is 5. The van der Waals surface area contributed by atoms with E-state index in [0.717, 1.165) is 43.2 Å². The van der Waals surface area contributed by atoms with Crippen LogP contribution in [-0.2, 0) is 0 Å². The van der Waals surface area contributed by atoms with E-state index in [1.165, 1.54) is 12.1 Å². The maximum absolute atomic E-state index is 13.5. The van der Waals surface area contributed by atoms with E-state index >= 15 is 0 Å². The summed E-state index contributed by atoms with van der Waals surface area (Å²) in [6.45, 7) is 3.46. The minimum absolute atomic E-state index is 0.289. The van der Waals surface area contributed by atoms with Gasteiger partial charge in [0.25, 0.3) is 0 Å². The smallest absolute Gasteiger partial charge is 0.167 e. The fourth-order valence-corrected chi connectivity index (χ4v) is 3.87. The Kier molecular flexibility index (Phi) is 4.61. The van der Waals surface area contributed by atoms with Crippen molar-refractivity contribution in [1.82, 2.24) is 24.8 Å². The van der Waals surface area contributed by atoms with E-state index in [4.69, 9.17) is 21.6 Å². The van der Waals surface area contributed by atoms with E-state index in [1.54, 1.807) is 24.5 Å². The van der Waals surface area contributed by atoms with Gasteiger partial charge in [-0.3, -0.25) is 9.55 Å². The first-order chi connectivity index (χ1) is 14.2. The lowest BCUT2D eigenvalue weighted by Gasteiger charge is -2.29. The highest BCUT2D eigenvalue weighted by Gasteiger charge is 2.21. The molecule has 0 atom stereocenters. The van der Waals surface area contributed by atoms with E-state index in [1.807, 2.05) is 22.8 Å². The van der Waals surface area contributed by atoms with Gasteiger partial charge in [-0.1, -0.05) is 11.6 Å². The van der Waals surface area contributed by atoms with Crippen molar-refractivity contribution < 1.29 is 4.39 Å². The van der Waals surface area contributed by atoms with Crippen LogP contribution < -0.4 is 10.2 Å². The second-order valence-corrected chi connectivity index (χ2v) is 7.26. The Balaban J connectivity index is 1.75. The van der Waals surface area contributed by atoms with Crippen LogP contribution in [0.3, 0.4) is 0 Å². The summed E-state index contributed by atoms with van der Waals surface area (Å²) in [5.74, 6) is 1.14. The molecule has 5 rings (SSSR count). The van der Waals surface area contributed by atoms with Crippen molar-refractivity contribution in [2.24, 2.45) is 0 Å². The molecule has 0 saturated carbocycles. The largest absolute Gasteiger partial charge is 0.353 e. The monoisotopic (exact) mass is 408 g/mol. The van der Waals surface area contributed by atoms with Gasteiger partial charge in [0, 0.05) is 44.1 Å². The molecule has 6 nitrogen and oxygen atoms in total. The van der Waals surface area contributed by atoms with Crippen LogP contribution in [0.25, 0.3) is 28.2 Å². The number of hydrogen-bond acceptors (Lipinski definition) is 5. The SMILES string of the molecule is Fc1ccc(-c2nc3cc(Cl)c(N4CCNCC4)nc3n2-c2ccncc2)cc1. The molecule has 1 aromatic carbocycles. The number of fused-ring (bicyclic) bond motifs is 1. The zero-order chi connectivity index (χ0) is 19.8. The normalized spacial score (nSPS) is 14.5. The molecule has 29 heavy (non-hydrogen) atoms. The number of hydrogen-bond donors (Lipinski definition) is 1. The third-order valence-corrected chi connectivity index (χ3v) is 5.29. The minimum atomic E-state index is -0.289. The number of rotatable bonds is 3. The van der Waals surface area contributed by atoms with E-state index in [0.29, 0.717) is 22.0 Å². The van der Waals surface area contributed by atoms with Crippen LogP contribution in [0.4, 0.5) is 10.2 Å².